The van der Waals surface area contributed by atoms with Gasteiger partial charge in [-0.3, -0.25) is 13.9 Å². The Balaban J connectivity index is 1.94. The van der Waals surface area contributed by atoms with E-state index in [1.807, 2.05) is 44.2 Å². The van der Waals surface area contributed by atoms with Crippen molar-refractivity contribution < 1.29 is 22.4 Å². The molecule has 3 rings (SSSR count). The van der Waals surface area contributed by atoms with E-state index in [1.54, 1.807) is 25.1 Å². The lowest BCUT2D eigenvalue weighted by molar-refractivity contribution is -0.138. The predicted octanol–water partition coefficient (Wildman–Crippen LogP) is 4.25. The van der Waals surface area contributed by atoms with E-state index in [9.17, 15) is 22.4 Å². The molecule has 0 bridgehead atoms. The van der Waals surface area contributed by atoms with Crippen LogP contribution >= 0.6 is 0 Å². The molecular weight excluding hydrogens is 505 g/mol. The molecule has 0 fully saturated rings. The van der Waals surface area contributed by atoms with Crippen molar-refractivity contribution in [1.82, 2.24) is 10.2 Å². The molecule has 0 aliphatic rings. The molecule has 3 aromatic rings. The lowest BCUT2D eigenvalue weighted by atomic mass is 10.1. The van der Waals surface area contributed by atoms with Crippen molar-refractivity contribution in [2.75, 3.05) is 23.9 Å². The van der Waals surface area contributed by atoms with Gasteiger partial charge in [0.25, 0.3) is 10.0 Å². The predicted molar refractivity (Wildman–Crippen MR) is 147 cm³/mol. The molecule has 0 spiro atoms. The number of nitrogens with zero attached hydrogens (tertiary/aromatic N) is 2. The van der Waals surface area contributed by atoms with Gasteiger partial charge in [0.2, 0.25) is 11.8 Å². The summed E-state index contributed by atoms with van der Waals surface area (Å²) in [4.78, 5) is 28.1. The van der Waals surface area contributed by atoms with Gasteiger partial charge in [0, 0.05) is 13.1 Å². The summed E-state index contributed by atoms with van der Waals surface area (Å²) in [5.74, 6) is -1.17. The lowest BCUT2D eigenvalue weighted by Gasteiger charge is -2.32. The van der Waals surface area contributed by atoms with Gasteiger partial charge in [-0.15, -0.1) is 0 Å². The number of benzene rings is 3. The summed E-state index contributed by atoms with van der Waals surface area (Å²) in [6.45, 7) is 5.68. The number of carbonyl (C=O) groups excluding carboxylic acids is 2. The first kappa shape index (κ1) is 28.8. The number of rotatable bonds is 12. The van der Waals surface area contributed by atoms with Gasteiger partial charge < -0.3 is 10.2 Å². The summed E-state index contributed by atoms with van der Waals surface area (Å²) in [6, 6.07) is 21.3. The third-order valence-corrected chi connectivity index (χ3v) is 7.85. The van der Waals surface area contributed by atoms with Crippen LogP contribution in [0.4, 0.5) is 10.1 Å². The summed E-state index contributed by atoms with van der Waals surface area (Å²) in [5.41, 5.74) is 1.12. The van der Waals surface area contributed by atoms with Crippen LogP contribution in [0.25, 0.3) is 0 Å². The Morgan fingerprint density at radius 2 is 1.45 bits per heavy atom. The number of sulfonamides is 1. The van der Waals surface area contributed by atoms with Crippen molar-refractivity contribution in [2.24, 2.45) is 5.92 Å². The minimum atomic E-state index is -4.17. The van der Waals surface area contributed by atoms with Crippen molar-refractivity contribution in [3.05, 3.63) is 96.3 Å². The van der Waals surface area contributed by atoms with Gasteiger partial charge in [0.05, 0.1) is 10.6 Å². The summed E-state index contributed by atoms with van der Waals surface area (Å²) in [7, 11) is -4.17. The zero-order chi connectivity index (χ0) is 27.7. The molecule has 0 aliphatic heterocycles. The number of amides is 2. The number of carbonyl (C=O) groups is 2. The molecule has 0 aliphatic carbocycles. The van der Waals surface area contributed by atoms with Crippen LogP contribution in [0.1, 0.15) is 26.3 Å². The van der Waals surface area contributed by atoms with Crippen molar-refractivity contribution in [2.45, 2.75) is 38.1 Å². The third-order valence-electron chi connectivity index (χ3n) is 6.06. The second-order valence-electron chi connectivity index (χ2n) is 9.44. The molecule has 38 heavy (non-hydrogen) atoms. The number of anilines is 1. The van der Waals surface area contributed by atoms with Gasteiger partial charge in [0.1, 0.15) is 18.4 Å². The fraction of sp³-hybridized carbons (Fsp3) is 0.310. The van der Waals surface area contributed by atoms with Gasteiger partial charge in [-0.05, 0) is 61.2 Å². The summed E-state index contributed by atoms with van der Waals surface area (Å²) >= 11 is 0. The Morgan fingerprint density at radius 1 is 0.868 bits per heavy atom. The minimum absolute atomic E-state index is 0.00399. The van der Waals surface area contributed by atoms with Gasteiger partial charge in [-0.25, -0.2) is 12.8 Å². The van der Waals surface area contributed by atoms with Gasteiger partial charge in [-0.1, -0.05) is 62.4 Å². The van der Waals surface area contributed by atoms with E-state index in [4.69, 9.17) is 0 Å². The number of nitrogens with one attached hydrogen (secondary N) is 1. The standard InChI is InChI=1S/C29H34FN3O4S/c1-22(2)20-31-29(35)23(3)32(19-18-24-10-6-4-7-11-24)28(34)21-33(26-16-14-25(30)15-17-26)38(36,37)27-12-8-5-9-13-27/h4-17,22-23H,18-21H2,1-3H3,(H,31,35)/t23-/m1/s1. The largest absolute Gasteiger partial charge is 0.354 e. The molecule has 0 aromatic heterocycles. The van der Waals surface area contributed by atoms with E-state index in [0.717, 1.165) is 22.0 Å². The first-order valence-corrected chi connectivity index (χ1v) is 14.0. The van der Waals surface area contributed by atoms with Crippen LogP contribution in [0.15, 0.2) is 89.8 Å². The monoisotopic (exact) mass is 539 g/mol. The molecule has 0 saturated heterocycles. The molecule has 0 saturated carbocycles. The second-order valence-corrected chi connectivity index (χ2v) is 11.3. The first-order valence-electron chi connectivity index (χ1n) is 12.5. The number of hydrogen-bond donors (Lipinski definition) is 1. The second kappa shape index (κ2) is 13.2. The van der Waals surface area contributed by atoms with Crippen molar-refractivity contribution in [3.63, 3.8) is 0 Å². The molecule has 0 unspecified atom stereocenters. The molecule has 3 aromatic carbocycles. The van der Waals surface area contributed by atoms with Crippen LogP contribution in [0.3, 0.4) is 0 Å². The van der Waals surface area contributed by atoms with E-state index in [2.05, 4.69) is 5.32 Å². The zero-order valence-electron chi connectivity index (χ0n) is 21.9. The van der Waals surface area contributed by atoms with E-state index in [1.165, 1.54) is 29.2 Å². The van der Waals surface area contributed by atoms with Crippen LogP contribution in [-0.4, -0.2) is 50.8 Å². The zero-order valence-corrected chi connectivity index (χ0v) is 22.7. The highest BCUT2D eigenvalue weighted by molar-refractivity contribution is 7.92. The fourth-order valence-corrected chi connectivity index (χ4v) is 5.31. The van der Waals surface area contributed by atoms with Gasteiger partial charge in [-0.2, -0.15) is 0 Å². The maximum Gasteiger partial charge on any atom is 0.264 e. The molecule has 1 N–H and O–H groups in total. The number of halogens is 1. The summed E-state index contributed by atoms with van der Waals surface area (Å²) < 4.78 is 41.9. The van der Waals surface area contributed by atoms with E-state index >= 15 is 0 Å². The molecule has 0 heterocycles. The van der Waals surface area contributed by atoms with Crippen molar-refractivity contribution in [1.29, 1.82) is 0 Å². The SMILES string of the molecule is CC(C)CNC(=O)[C@@H](C)N(CCc1ccccc1)C(=O)CN(c1ccc(F)cc1)S(=O)(=O)c1ccccc1. The maximum atomic E-state index is 13.7. The lowest BCUT2D eigenvalue weighted by Crippen LogP contribution is -2.52. The topological polar surface area (TPSA) is 86.8 Å². The van der Waals surface area contributed by atoms with Crippen LogP contribution in [0.2, 0.25) is 0 Å². The van der Waals surface area contributed by atoms with Crippen molar-refractivity contribution in [3.8, 4) is 0 Å². The summed E-state index contributed by atoms with van der Waals surface area (Å²) in [5, 5.41) is 2.86. The van der Waals surface area contributed by atoms with Gasteiger partial charge >= 0.3 is 0 Å². The highest BCUT2D eigenvalue weighted by Gasteiger charge is 2.32. The smallest absolute Gasteiger partial charge is 0.264 e. The highest BCUT2D eigenvalue weighted by atomic mass is 32.2. The molecule has 1 atom stereocenters. The van der Waals surface area contributed by atoms with Crippen molar-refractivity contribution >= 4 is 27.5 Å². The molecule has 9 heteroatoms. The Kier molecular flexibility index (Phi) is 10.0. The molecular formula is C29H34FN3O4S. The Morgan fingerprint density at radius 3 is 2.03 bits per heavy atom. The highest BCUT2D eigenvalue weighted by Crippen LogP contribution is 2.24. The fourth-order valence-electron chi connectivity index (χ4n) is 3.88. The summed E-state index contributed by atoms with van der Waals surface area (Å²) in [6.07, 6.45) is 0.483. The minimum Gasteiger partial charge on any atom is -0.354 e. The third kappa shape index (κ3) is 7.64. The maximum absolute atomic E-state index is 13.7. The van der Waals surface area contributed by atoms with E-state index in [0.29, 0.717) is 13.0 Å². The van der Waals surface area contributed by atoms with Crippen LogP contribution < -0.4 is 9.62 Å². The molecule has 0 radical (unpaired) electrons. The Hall–Kier alpha value is -3.72. The van der Waals surface area contributed by atoms with Gasteiger partial charge in [0.15, 0.2) is 0 Å². The van der Waals surface area contributed by atoms with E-state index < -0.39 is 34.3 Å². The van der Waals surface area contributed by atoms with Crippen LogP contribution in [0.5, 0.6) is 0 Å². The first-order chi connectivity index (χ1) is 18.1. The quantitative estimate of drug-likeness (QED) is 0.373. The molecule has 202 valence electrons. The average molecular weight is 540 g/mol. The van der Waals surface area contributed by atoms with E-state index in [-0.39, 0.29) is 29.0 Å². The van der Waals surface area contributed by atoms with Crippen LogP contribution in [-0.2, 0) is 26.0 Å². The molecule has 2 amide bonds. The normalized spacial score (nSPS) is 12.1. The molecule has 7 nitrogen and oxygen atoms in total. The number of hydrogen-bond acceptors (Lipinski definition) is 4. The Labute approximate surface area is 224 Å². The van der Waals surface area contributed by atoms with Crippen LogP contribution in [0, 0.1) is 11.7 Å². The average Bonchev–Trinajstić information content (AvgIpc) is 2.92. The Bertz CT molecular complexity index is 1300.